The van der Waals surface area contributed by atoms with E-state index < -0.39 is 29.5 Å². The molecule has 2 rings (SSSR count). The number of hydrogen-bond donors (Lipinski definition) is 1. The number of benzene rings is 1. The first-order valence-electron chi connectivity index (χ1n) is 5.74. The van der Waals surface area contributed by atoms with Gasteiger partial charge in [-0.25, -0.2) is 4.39 Å². The van der Waals surface area contributed by atoms with Crippen molar-refractivity contribution in [3.63, 3.8) is 0 Å². The van der Waals surface area contributed by atoms with Gasteiger partial charge in [-0.2, -0.15) is 13.2 Å². The number of rotatable bonds is 1. The van der Waals surface area contributed by atoms with Gasteiger partial charge in [-0.3, -0.25) is 4.79 Å². The van der Waals surface area contributed by atoms with Crippen molar-refractivity contribution in [1.82, 2.24) is 0 Å². The Morgan fingerprint density at radius 1 is 1.32 bits per heavy atom. The van der Waals surface area contributed by atoms with E-state index in [1.54, 1.807) is 0 Å². The maximum absolute atomic E-state index is 13.2. The van der Waals surface area contributed by atoms with Gasteiger partial charge in [-0.1, -0.05) is 0 Å². The second-order valence-electron chi connectivity index (χ2n) is 4.40. The predicted molar refractivity (Wildman–Crippen MR) is 61.0 cm³/mol. The van der Waals surface area contributed by atoms with Crippen LogP contribution in [-0.2, 0) is 11.0 Å². The summed E-state index contributed by atoms with van der Waals surface area (Å²) in [5.41, 5.74) is 4.22. The standard InChI is InChI=1S/C12H12F4N2O/c13-9-4-3-7(6-8(9)12(14,15)16)18-5-1-2-10(17)11(18)19/h3-4,6,10H,1-2,5,17H2. The Hall–Kier alpha value is -1.63. The Balaban J connectivity index is 2.38. The van der Waals surface area contributed by atoms with E-state index in [1.807, 2.05) is 0 Å². The summed E-state index contributed by atoms with van der Waals surface area (Å²) in [4.78, 5) is 13.0. The molecule has 0 bridgehead atoms. The number of hydrogen-bond acceptors (Lipinski definition) is 2. The van der Waals surface area contributed by atoms with Crippen LogP contribution in [0.25, 0.3) is 0 Å². The van der Waals surface area contributed by atoms with Gasteiger partial charge in [0.05, 0.1) is 11.6 Å². The van der Waals surface area contributed by atoms with Crippen molar-refractivity contribution in [2.24, 2.45) is 5.73 Å². The fourth-order valence-electron chi connectivity index (χ4n) is 2.06. The van der Waals surface area contributed by atoms with E-state index in [0.29, 0.717) is 25.0 Å². The van der Waals surface area contributed by atoms with Gasteiger partial charge in [0.2, 0.25) is 5.91 Å². The van der Waals surface area contributed by atoms with Gasteiger partial charge in [-0.15, -0.1) is 0 Å². The molecule has 1 aliphatic heterocycles. The molecule has 3 nitrogen and oxygen atoms in total. The molecule has 1 aromatic carbocycles. The fraction of sp³-hybridized carbons (Fsp3) is 0.417. The molecule has 0 aliphatic carbocycles. The van der Waals surface area contributed by atoms with E-state index in [4.69, 9.17) is 5.73 Å². The lowest BCUT2D eigenvalue weighted by Gasteiger charge is -2.30. The topological polar surface area (TPSA) is 46.3 Å². The lowest BCUT2D eigenvalue weighted by Crippen LogP contribution is -2.48. The van der Waals surface area contributed by atoms with Crippen molar-refractivity contribution >= 4 is 11.6 Å². The molecule has 1 aliphatic rings. The minimum Gasteiger partial charge on any atom is -0.320 e. The average Bonchev–Trinajstić information content (AvgIpc) is 2.32. The molecule has 19 heavy (non-hydrogen) atoms. The van der Waals surface area contributed by atoms with Gasteiger partial charge in [0.1, 0.15) is 5.82 Å². The molecule has 1 amide bonds. The summed E-state index contributed by atoms with van der Waals surface area (Å²) in [5, 5.41) is 0. The van der Waals surface area contributed by atoms with E-state index in [0.717, 1.165) is 6.07 Å². The fourth-order valence-corrected chi connectivity index (χ4v) is 2.06. The first-order chi connectivity index (χ1) is 8.80. The molecule has 104 valence electrons. The Kier molecular flexibility index (Phi) is 3.49. The van der Waals surface area contributed by atoms with Crippen LogP contribution in [0.2, 0.25) is 0 Å². The van der Waals surface area contributed by atoms with E-state index >= 15 is 0 Å². The molecular weight excluding hydrogens is 264 g/mol. The molecule has 0 radical (unpaired) electrons. The lowest BCUT2D eigenvalue weighted by molar-refractivity contribution is -0.140. The van der Waals surface area contributed by atoms with Crippen LogP contribution in [0.4, 0.5) is 23.2 Å². The van der Waals surface area contributed by atoms with Gasteiger partial charge in [0.25, 0.3) is 0 Å². The highest BCUT2D eigenvalue weighted by Crippen LogP contribution is 2.34. The lowest BCUT2D eigenvalue weighted by atomic mass is 10.0. The Bertz CT molecular complexity index is 501. The summed E-state index contributed by atoms with van der Waals surface area (Å²) in [6, 6.07) is 1.80. The number of nitrogens with zero attached hydrogens (tertiary/aromatic N) is 1. The first-order valence-corrected chi connectivity index (χ1v) is 5.74. The highest BCUT2D eigenvalue weighted by atomic mass is 19.4. The van der Waals surface area contributed by atoms with E-state index in [9.17, 15) is 22.4 Å². The smallest absolute Gasteiger partial charge is 0.320 e. The van der Waals surface area contributed by atoms with Gasteiger partial charge in [-0.05, 0) is 31.0 Å². The summed E-state index contributed by atoms with van der Waals surface area (Å²) in [6.45, 7) is 0.287. The third-order valence-electron chi connectivity index (χ3n) is 3.05. The Morgan fingerprint density at radius 2 is 2.00 bits per heavy atom. The minimum absolute atomic E-state index is 0.0221. The van der Waals surface area contributed by atoms with Gasteiger partial charge >= 0.3 is 6.18 Å². The molecule has 0 aromatic heterocycles. The quantitative estimate of drug-likeness (QED) is 0.800. The molecular formula is C12H12F4N2O. The summed E-state index contributed by atoms with van der Waals surface area (Å²) in [6.07, 6.45) is -3.69. The molecule has 1 heterocycles. The largest absolute Gasteiger partial charge is 0.419 e. The normalized spacial score (nSPS) is 20.8. The van der Waals surface area contributed by atoms with E-state index in [2.05, 4.69) is 0 Å². The zero-order valence-corrected chi connectivity index (χ0v) is 9.88. The monoisotopic (exact) mass is 276 g/mol. The molecule has 7 heteroatoms. The maximum Gasteiger partial charge on any atom is 0.419 e. The van der Waals surface area contributed by atoms with Gasteiger partial charge in [0, 0.05) is 12.2 Å². The summed E-state index contributed by atoms with van der Waals surface area (Å²) < 4.78 is 51.0. The molecule has 1 fully saturated rings. The molecule has 2 N–H and O–H groups in total. The highest BCUT2D eigenvalue weighted by molar-refractivity contribution is 5.97. The second-order valence-corrected chi connectivity index (χ2v) is 4.40. The second kappa shape index (κ2) is 4.80. The van der Waals surface area contributed by atoms with Crippen molar-refractivity contribution < 1.29 is 22.4 Å². The zero-order valence-electron chi connectivity index (χ0n) is 9.88. The predicted octanol–water partition coefficient (Wildman–Crippen LogP) is 2.30. The Morgan fingerprint density at radius 3 is 2.63 bits per heavy atom. The van der Waals surface area contributed by atoms with Crippen LogP contribution in [0.5, 0.6) is 0 Å². The molecule has 1 aromatic rings. The van der Waals surface area contributed by atoms with E-state index in [1.165, 1.54) is 4.90 Å². The van der Waals surface area contributed by atoms with Crippen molar-refractivity contribution in [1.29, 1.82) is 0 Å². The van der Waals surface area contributed by atoms with Crippen LogP contribution in [-0.4, -0.2) is 18.5 Å². The number of nitrogens with two attached hydrogens (primary N) is 1. The summed E-state index contributed by atoms with van der Waals surface area (Å²) in [5.74, 6) is -1.80. The number of amides is 1. The van der Waals surface area contributed by atoms with Crippen molar-refractivity contribution in [2.75, 3.05) is 11.4 Å². The van der Waals surface area contributed by atoms with E-state index in [-0.39, 0.29) is 12.2 Å². The number of carbonyl (C=O) groups is 1. The SMILES string of the molecule is NC1CCCN(c2ccc(F)c(C(F)(F)F)c2)C1=O. The summed E-state index contributed by atoms with van der Waals surface area (Å²) in [7, 11) is 0. The summed E-state index contributed by atoms with van der Waals surface area (Å²) >= 11 is 0. The Labute approximate surface area is 107 Å². The van der Waals surface area contributed by atoms with Crippen molar-refractivity contribution in [2.45, 2.75) is 25.1 Å². The average molecular weight is 276 g/mol. The van der Waals surface area contributed by atoms with Gasteiger partial charge < -0.3 is 10.6 Å². The zero-order chi connectivity index (χ0) is 14.2. The highest BCUT2D eigenvalue weighted by Gasteiger charge is 2.35. The van der Waals surface area contributed by atoms with Crippen LogP contribution in [0.15, 0.2) is 18.2 Å². The third kappa shape index (κ3) is 2.70. The van der Waals surface area contributed by atoms with Crippen LogP contribution in [0, 0.1) is 5.82 Å². The molecule has 1 unspecified atom stereocenters. The van der Waals surface area contributed by atoms with Crippen LogP contribution >= 0.6 is 0 Å². The van der Waals surface area contributed by atoms with Crippen molar-refractivity contribution in [3.8, 4) is 0 Å². The third-order valence-corrected chi connectivity index (χ3v) is 3.05. The molecule has 0 saturated carbocycles. The van der Waals surface area contributed by atoms with Crippen LogP contribution < -0.4 is 10.6 Å². The molecule has 1 saturated heterocycles. The minimum atomic E-state index is -4.79. The number of piperidine rings is 1. The number of anilines is 1. The number of alkyl halides is 3. The molecule has 1 atom stereocenters. The van der Waals surface area contributed by atoms with Crippen LogP contribution in [0.3, 0.4) is 0 Å². The van der Waals surface area contributed by atoms with Crippen LogP contribution in [0.1, 0.15) is 18.4 Å². The van der Waals surface area contributed by atoms with Gasteiger partial charge in [0.15, 0.2) is 0 Å². The first kappa shape index (κ1) is 13.8. The van der Waals surface area contributed by atoms with Crippen molar-refractivity contribution in [3.05, 3.63) is 29.6 Å². The molecule has 0 spiro atoms. The maximum atomic E-state index is 13.2. The number of halogens is 4. The number of carbonyl (C=O) groups excluding carboxylic acids is 1.